The van der Waals surface area contributed by atoms with E-state index >= 15 is 0 Å². The third kappa shape index (κ3) is 4.51. The molecular formula is C16H21ClN2OS. The van der Waals surface area contributed by atoms with Gasteiger partial charge in [0.25, 0.3) is 0 Å². The van der Waals surface area contributed by atoms with Gasteiger partial charge in [0.05, 0.1) is 11.1 Å². The van der Waals surface area contributed by atoms with Crippen LogP contribution in [0.4, 0.5) is 0 Å². The van der Waals surface area contributed by atoms with Crippen molar-refractivity contribution in [2.24, 2.45) is 0 Å². The van der Waals surface area contributed by atoms with E-state index in [4.69, 9.17) is 11.6 Å². The zero-order valence-corrected chi connectivity index (χ0v) is 14.1. The van der Waals surface area contributed by atoms with E-state index in [0.717, 1.165) is 17.1 Å². The number of rotatable bonds is 6. The van der Waals surface area contributed by atoms with Crippen molar-refractivity contribution in [3.05, 3.63) is 50.9 Å². The Kier molecular flexibility index (Phi) is 5.76. The summed E-state index contributed by atoms with van der Waals surface area (Å²) in [5.41, 5.74) is 0.867. The number of aromatic nitrogens is 1. The van der Waals surface area contributed by atoms with E-state index in [1.165, 1.54) is 4.88 Å². The molecule has 2 rings (SSSR count). The molecule has 0 aliphatic heterocycles. The van der Waals surface area contributed by atoms with Crippen molar-refractivity contribution in [2.45, 2.75) is 45.4 Å². The minimum atomic E-state index is -0.556. The smallest absolute Gasteiger partial charge is 0.0953 e. The maximum atomic E-state index is 10.3. The maximum absolute atomic E-state index is 10.3. The second kappa shape index (κ2) is 7.36. The van der Waals surface area contributed by atoms with Gasteiger partial charge in [0.15, 0.2) is 0 Å². The van der Waals surface area contributed by atoms with Crippen LogP contribution in [-0.2, 0) is 6.54 Å². The van der Waals surface area contributed by atoms with Gasteiger partial charge in [0, 0.05) is 34.6 Å². The summed E-state index contributed by atoms with van der Waals surface area (Å²) >= 11 is 7.58. The van der Waals surface area contributed by atoms with Crippen LogP contribution in [0.1, 0.15) is 48.2 Å². The number of nitrogens with one attached hydrogen (secondary N) is 1. The second-order valence-corrected chi connectivity index (χ2v) is 7.07. The predicted molar refractivity (Wildman–Crippen MR) is 88.9 cm³/mol. The molecule has 21 heavy (non-hydrogen) atoms. The molecule has 0 radical (unpaired) electrons. The Balaban J connectivity index is 1.91. The van der Waals surface area contributed by atoms with Crippen LogP contribution in [0.3, 0.4) is 0 Å². The first-order valence-electron chi connectivity index (χ1n) is 7.09. The first-order valence-corrected chi connectivity index (χ1v) is 8.28. The van der Waals surface area contributed by atoms with Gasteiger partial charge >= 0.3 is 0 Å². The highest BCUT2D eigenvalue weighted by atomic mass is 35.5. The Morgan fingerprint density at radius 3 is 2.48 bits per heavy atom. The van der Waals surface area contributed by atoms with E-state index in [2.05, 4.69) is 24.1 Å². The molecule has 5 heteroatoms. The van der Waals surface area contributed by atoms with Gasteiger partial charge in [0.2, 0.25) is 0 Å². The number of hydrogen-bond acceptors (Lipinski definition) is 4. The molecule has 1 aromatic carbocycles. The molecule has 1 aromatic heterocycles. The van der Waals surface area contributed by atoms with Gasteiger partial charge in [-0.05, 0) is 24.6 Å². The molecule has 0 amide bonds. The molecule has 0 bridgehead atoms. The molecule has 0 fully saturated rings. The number of aliphatic hydroxyl groups excluding tert-OH is 1. The Morgan fingerprint density at radius 2 is 1.90 bits per heavy atom. The van der Waals surface area contributed by atoms with Crippen LogP contribution in [0.25, 0.3) is 0 Å². The molecule has 2 atom stereocenters. The predicted octanol–water partition coefficient (Wildman–Crippen LogP) is 4.13. The Hall–Kier alpha value is -0.940. The number of nitrogens with zero attached hydrogens (tertiary/aromatic N) is 1. The van der Waals surface area contributed by atoms with Gasteiger partial charge in [-0.2, -0.15) is 0 Å². The minimum Gasteiger partial charge on any atom is -0.387 e. The first kappa shape index (κ1) is 16.4. The van der Waals surface area contributed by atoms with Crippen LogP contribution in [0.15, 0.2) is 30.5 Å². The van der Waals surface area contributed by atoms with Gasteiger partial charge < -0.3 is 10.4 Å². The van der Waals surface area contributed by atoms with Crippen LogP contribution in [0.2, 0.25) is 5.02 Å². The zero-order chi connectivity index (χ0) is 15.4. The lowest BCUT2D eigenvalue weighted by Crippen LogP contribution is -2.31. The molecule has 0 saturated carbocycles. The van der Waals surface area contributed by atoms with Gasteiger partial charge in [0.1, 0.15) is 0 Å². The molecule has 0 aliphatic rings. The molecule has 2 unspecified atom stereocenters. The Bertz CT molecular complexity index is 568. The monoisotopic (exact) mass is 324 g/mol. The summed E-state index contributed by atoms with van der Waals surface area (Å²) in [6.07, 6.45) is 1.36. The number of thiazole rings is 1. The number of benzene rings is 1. The minimum absolute atomic E-state index is 0.0456. The number of halogens is 1. The van der Waals surface area contributed by atoms with Crippen LogP contribution in [0.5, 0.6) is 0 Å². The fraction of sp³-hybridized carbons (Fsp3) is 0.438. The molecular weight excluding hydrogens is 304 g/mol. The van der Waals surface area contributed by atoms with Crippen LogP contribution in [0, 0.1) is 0 Å². The van der Waals surface area contributed by atoms with Crippen LogP contribution < -0.4 is 5.32 Å². The highest BCUT2D eigenvalue weighted by Gasteiger charge is 2.16. The van der Waals surface area contributed by atoms with Crippen molar-refractivity contribution in [1.29, 1.82) is 0 Å². The van der Waals surface area contributed by atoms with E-state index in [9.17, 15) is 5.11 Å². The van der Waals surface area contributed by atoms with Crippen LogP contribution in [-0.4, -0.2) is 16.1 Å². The molecule has 2 N–H and O–H groups in total. The molecule has 114 valence electrons. The average Bonchev–Trinajstić information content (AvgIpc) is 2.94. The third-order valence-corrected chi connectivity index (χ3v) is 4.90. The summed E-state index contributed by atoms with van der Waals surface area (Å²) in [5, 5.41) is 15.5. The molecule has 1 heterocycles. The number of hydrogen-bond donors (Lipinski definition) is 2. The summed E-state index contributed by atoms with van der Waals surface area (Å²) in [4.78, 5) is 5.60. The lowest BCUT2D eigenvalue weighted by Gasteiger charge is -2.20. The van der Waals surface area contributed by atoms with E-state index in [0.29, 0.717) is 10.9 Å². The largest absolute Gasteiger partial charge is 0.387 e. The lowest BCUT2D eigenvalue weighted by atomic mass is 10.0. The fourth-order valence-corrected chi connectivity index (χ4v) is 2.99. The average molecular weight is 325 g/mol. The summed E-state index contributed by atoms with van der Waals surface area (Å²) in [7, 11) is 0. The van der Waals surface area contributed by atoms with E-state index < -0.39 is 6.10 Å². The normalized spacial score (nSPS) is 14.4. The summed E-state index contributed by atoms with van der Waals surface area (Å²) in [6.45, 7) is 6.98. The maximum Gasteiger partial charge on any atom is 0.0953 e. The van der Waals surface area contributed by atoms with Crippen molar-refractivity contribution in [2.75, 3.05) is 0 Å². The van der Waals surface area contributed by atoms with Gasteiger partial charge in [-0.25, -0.2) is 4.98 Å². The SMILES string of the molecule is CC(C)c1ncc(CNC(C)C(O)c2ccc(Cl)cc2)s1. The van der Waals surface area contributed by atoms with Crippen molar-refractivity contribution < 1.29 is 5.11 Å². The fourth-order valence-electron chi connectivity index (χ4n) is 1.99. The van der Waals surface area contributed by atoms with Crippen molar-refractivity contribution in [3.8, 4) is 0 Å². The van der Waals surface area contributed by atoms with Crippen molar-refractivity contribution >= 4 is 22.9 Å². The Labute approximate surface area is 135 Å². The summed E-state index contributed by atoms with van der Waals surface area (Å²) < 4.78 is 0. The lowest BCUT2D eigenvalue weighted by molar-refractivity contribution is 0.135. The zero-order valence-electron chi connectivity index (χ0n) is 12.5. The third-order valence-electron chi connectivity index (χ3n) is 3.35. The molecule has 2 aromatic rings. The van der Waals surface area contributed by atoms with Crippen molar-refractivity contribution in [3.63, 3.8) is 0 Å². The van der Waals surface area contributed by atoms with Gasteiger partial charge in [-0.1, -0.05) is 37.6 Å². The quantitative estimate of drug-likeness (QED) is 0.839. The summed E-state index contributed by atoms with van der Waals surface area (Å²) in [5.74, 6) is 0.459. The molecule has 0 aliphatic carbocycles. The highest BCUT2D eigenvalue weighted by molar-refractivity contribution is 7.11. The van der Waals surface area contributed by atoms with E-state index in [1.807, 2.05) is 25.3 Å². The Morgan fingerprint density at radius 1 is 1.24 bits per heavy atom. The highest BCUT2D eigenvalue weighted by Crippen LogP contribution is 2.22. The van der Waals surface area contributed by atoms with Gasteiger partial charge in [-0.3, -0.25) is 0 Å². The molecule has 3 nitrogen and oxygen atoms in total. The van der Waals surface area contributed by atoms with E-state index in [-0.39, 0.29) is 6.04 Å². The van der Waals surface area contributed by atoms with E-state index in [1.54, 1.807) is 23.5 Å². The molecule has 0 spiro atoms. The first-order chi connectivity index (χ1) is 9.97. The van der Waals surface area contributed by atoms with Crippen molar-refractivity contribution in [1.82, 2.24) is 10.3 Å². The summed E-state index contributed by atoms with van der Waals surface area (Å²) in [6, 6.07) is 7.26. The van der Waals surface area contributed by atoms with Gasteiger partial charge in [-0.15, -0.1) is 11.3 Å². The second-order valence-electron chi connectivity index (χ2n) is 5.49. The topological polar surface area (TPSA) is 45.2 Å². The standard InChI is InChI=1S/C16H21ClN2OS/c1-10(2)16-19-9-14(21-16)8-18-11(3)15(20)12-4-6-13(17)7-5-12/h4-7,9-11,15,18,20H,8H2,1-3H3. The number of aliphatic hydroxyl groups is 1. The van der Waals surface area contributed by atoms with Crippen LogP contribution >= 0.6 is 22.9 Å². The molecule has 0 saturated heterocycles.